The van der Waals surface area contributed by atoms with Crippen molar-refractivity contribution in [1.29, 1.82) is 0 Å². The molecule has 0 unspecified atom stereocenters. The Morgan fingerprint density at radius 3 is 2.50 bits per heavy atom. The fourth-order valence-electron chi connectivity index (χ4n) is 3.89. The third-order valence-electron chi connectivity index (χ3n) is 5.78. The number of hydrogen-bond acceptors (Lipinski definition) is 5. The quantitative estimate of drug-likeness (QED) is 0.779. The number of fused-ring (bicyclic) bond motifs is 1. The maximum Gasteiger partial charge on any atom is 0.237 e. The zero-order chi connectivity index (χ0) is 19.7. The Labute approximate surface area is 166 Å². The molecule has 4 rings (SSSR count). The van der Waals surface area contributed by atoms with Crippen LogP contribution in [0.5, 0.6) is 11.5 Å². The molecule has 1 aromatic carbocycles. The van der Waals surface area contributed by atoms with Crippen molar-refractivity contribution in [3.63, 3.8) is 0 Å². The van der Waals surface area contributed by atoms with E-state index in [-0.39, 0.29) is 6.04 Å². The van der Waals surface area contributed by atoms with Gasteiger partial charge < -0.3 is 14.8 Å². The zero-order valence-electron chi connectivity index (χ0n) is 16.2. The molecule has 3 aliphatic rings. The molecule has 154 valence electrons. The summed E-state index contributed by atoms with van der Waals surface area (Å²) >= 11 is 0. The molecule has 1 saturated carbocycles. The van der Waals surface area contributed by atoms with Gasteiger partial charge >= 0.3 is 0 Å². The van der Waals surface area contributed by atoms with Crippen LogP contribution in [-0.2, 0) is 14.8 Å². The lowest BCUT2D eigenvalue weighted by atomic mass is 10.0. The second kappa shape index (κ2) is 7.91. The van der Waals surface area contributed by atoms with Gasteiger partial charge in [0.15, 0.2) is 11.5 Å². The molecule has 8 heteroatoms. The van der Waals surface area contributed by atoms with Gasteiger partial charge in [-0.2, -0.15) is 0 Å². The Kier molecular flexibility index (Phi) is 5.51. The first-order valence-electron chi connectivity index (χ1n) is 10.1. The molecule has 0 spiro atoms. The van der Waals surface area contributed by atoms with Gasteiger partial charge in [0.1, 0.15) is 19.0 Å². The largest absolute Gasteiger partial charge is 0.486 e. The maximum atomic E-state index is 12.6. The molecule has 0 radical (unpaired) electrons. The van der Waals surface area contributed by atoms with E-state index in [2.05, 4.69) is 12.2 Å². The van der Waals surface area contributed by atoms with Crippen LogP contribution >= 0.6 is 0 Å². The number of sulfonamides is 1. The molecular formula is C20H28N2O5S. The summed E-state index contributed by atoms with van der Waals surface area (Å²) in [7, 11) is -3.58. The average Bonchev–Trinajstić information content (AvgIpc) is 3.51. The van der Waals surface area contributed by atoms with Crippen molar-refractivity contribution in [2.24, 2.45) is 11.8 Å². The van der Waals surface area contributed by atoms with Crippen LogP contribution in [0.3, 0.4) is 0 Å². The molecule has 0 aromatic heterocycles. The molecule has 2 aliphatic heterocycles. The maximum absolute atomic E-state index is 12.6. The summed E-state index contributed by atoms with van der Waals surface area (Å²) in [5, 5.41) is 2.96. The minimum atomic E-state index is -3.58. The van der Waals surface area contributed by atoms with E-state index in [1.54, 1.807) is 0 Å². The molecule has 2 heterocycles. The van der Waals surface area contributed by atoms with Crippen molar-refractivity contribution in [3.05, 3.63) is 23.8 Å². The van der Waals surface area contributed by atoms with Gasteiger partial charge in [-0.05, 0) is 55.2 Å². The van der Waals surface area contributed by atoms with Crippen molar-refractivity contribution < 1.29 is 22.7 Å². The van der Waals surface area contributed by atoms with Crippen LogP contribution in [-0.4, -0.2) is 50.7 Å². The SMILES string of the molecule is CC1CCN(S(=O)(=O)CC(=O)N[C@H](c2ccc3c(c2)OCCO3)C2CC2)CC1. The van der Waals surface area contributed by atoms with Gasteiger partial charge in [-0.25, -0.2) is 12.7 Å². The summed E-state index contributed by atoms with van der Waals surface area (Å²) in [6, 6.07) is 5.49. The summed E-state index contributed by atoms with van der Waals surface area (Å²) in [4.78, 5) is 12.6. The summed E-state index contributed by atoms with van der Waals surface area (Å²) in [5.41, 5.74) is 0.935. The number of benzene rings is 1. The Hall–Kier alpha value is -1.80. The molecule has 1 aromatic rings. The minimum Gasteiger partial charge on any atom is -0.486 e. The summed E-state index contributed by atoms with van der Waals surface area (Å²) < 4.78 is 37.9. The average molecular weight is 409 g/mol. The minimum absolute atomic E-state index is 0.195. The Morgan fingerprint density at radius 1 is 1.14 bits per heavy atom. The first-order valence-corrected chi connectivity index (χ1v) is 11.7. The predicted molar refractivity (Wildman–Crippen MR) is 105 cm³/mol. The van der Waals surface area contributed by atoms with Crippen molar-refractivity contribution >= 4 is 15.9 Å². The normalized spacial score (nSPS) is 21.9. The van der Waals surface area contributed by atoms with Crippen molar-refractivity contribution in [2.45, 2.75) is 38.6 Å². The van der Waals surface area contributed by atoms with Crippen LogP contribution in [0.15, 0.2) is 18.2 Å². The highest BCUT2D eigenvalue weighted by molar-refractivity contribution is 7.89. The number of rotatable bonds is 6. The van der Waals surface area contributed by atoms with Crippen LogP contribution in [0, 0.1) is 11.8 Å². The zero-order valence-corrected chi connectivity index (χ0v) is 17.0. The van der Waals surface area contributed by atoms with Crippen LogP contribution < -0.4 is 14.8 Å². The van der Waals surface area contributed by atoms with Crippen LogP contribution in [0.2, 0.25) is 0 Å². The Bertz CT molecular complexity index is 829. The van der Waals surface area contributed by atoms with Gasteiger partial charge in [0.25, 0.3) is 0 Å². The molecular weight excluding hydrogens is 380 g/mol. The van der Waals surface area contributed by atoms with Crippen LogP contribution in [0.25, 0.3) is 0 Å². The summed E-state index contributed by atoms with van der Waals surface area (Å²) in [5.74, 6) is 1.33. The molecule has 1 N–H and O–H groups in total. The number of carbonyl (C=O) groups excluding carboxylic acids is 1. The molecule has 7 nitrogen and oxygen atoms in total. The number of nitrogens with zero attached hydrogens (tertiary/aromatic N) is 1. The third-order valence-corrected chi connectivity index (χ3v) is 7.56. The lowest BCUT2D eigenvalue weighted by Gasteiger charge is -2.29. The summed E-state index contributed by atoms with van der Waals surface area (Å²) in [6.07, 6.45) is 3.75. The molecule has 0 bridgehead atoms. The Morgan fingerprint density at radius 2 is 1.82 bits per heavy atom. The van der Waals surface area contributed by atoms with E-state index in [1.807, 2.05) is 18.2 Å². The second-order valence-corrected chi connectivity index (χ2v) is 10.1. The van der Waals surface area contributed by atoms with Crippen LogP contribution in [0.4, 0.5) is 0 Å². The number of amides is 1. The second-order valence-electron chi connectivity index (χ2n) is 8.12. The van der Waals surface area contributed by atoms with E-state index < -0.39 is 21.7 Å². The van der Waals surface area contributed by atoms with E-state index in [1.165, 1.54) is 4.31 Å². The number of piperidine rings is 1. The van der Waals surface area contributed by atoms with Crippen LogP contribution in [0.1, 0.15) is 44.2 Å². The smallest absolute Gasteiger partial charge is 0.237 e. The topological polar surface area (TPSA) is 84.9 Å². The first kappa shape index (κ1) is 19.5. The standard InChI is InChI=1S/C20H28N2O5S/c1-14-6-8-22(9-7-14)28(24,25)13-19(23)21-20(15-2-3-15)16-4-5-17-18(12-16)27-11-10-26-17/h4-5,12,14-15,20H,2-3,6-11,13H2,1H3,(H,21,23)/t20-/m0/s1. The molecule has 2 fully saturated rings. The number of ether oxygens (including phenoxy) is 2. The van der Waals surface area contributed by atoms with Crippen molar-refractivity contribution in [2.75, 3.05) is 32.1 Å². The molecule has 28 heavy (non-hydrogen) atoms. The van der Waals surface area contributed by atoms with Crippen molar-refractivity contribution in [1.82, 2.24) is 9.62 Å². The van der Waals surface area contributed by atoms with Gasteiger partial charge in [0.05, 0.1) is 6.04 Å². The molecule has 1 aliphatic carbocycles. The predicted octanol–water partition coefficient (Wildman–Crippen LogP) is 2.09. The van der Waals surface area contributed by atoms with Gasteiger partial charge in [-0.1, -0.05) is 13.0 Å². The fourth-order valence-corrected chi connectivity index (χ4v) is 5.26. The van der Waals surface area contributed by atoms with E-state index in [4.69, 9.17) is 9.47 Å². The lowest BCUT2D eigenvalue weighted by Crippen LogP contribution is -2.43. The van der Waals surface area contributed by atoms with Gasteiger partial charge in [0, 0.05) is 13.1 Å². The number of nitrogens with one attached hydrogen (secondary N) is 1. The van der Waals surface area contributed by atoms with E-state index in [0.29, 0.717) is 49.6 Å². The molecule has 1 amide bonds. The number of hydrogen-bond donors (Lipinski definition) is 1. The highest BCUT2D eigenvalue weighted by Gasteiger charge is 2.36. The third kappa shape index (κ3) is 4.43. The lowest BCUT2D eigenvalue weighted by molar-refractivity contribution is -0.119. The van der Waals surface area contributed by atoms with Gasteiger partial charge in [-0.3, -0.25) is 4.79 Å². The fraction of sp³-hybridized carbons (Fsp3) is 0.650. The van der Waals surface area contributed by atoms with Crippen molar-refractivity contribution in [3.8, 4) is 11.5 Å². The van der Waals surface area contributed by atoms with E-state index in [9.17, 15) is 13.2 Å². The first-order chi connectivity index (χ1) is 13.4. The monoisotopic (exact) mass is 408 g/mol. The highest BCUT2D eigenvalue weighted by atomic mass is 32.2. The van der Waals surface area contributed by atoms with E-state index in [0.717, 1.165) is 31.2 Å². The van der Waals surface area contributed by atoms with Gasteiger partial charge in [0.2, 0.25) is 15.9 Å². The summed E-state index contributed by atoms with van der Waals surface area (Å²) in [6.45, 7) is 4.17. The molecule has 1 atom stereocenters. The van der Waals surface area contributed by atoms with E-state index >= 15 is 0 Å². The molecule has 1 saturated heterocycles. The highest BCUT2D eigenvalue weighted by Crippen LogP contribution is 2.43. The number of carbonyl (C=O) groups is 1. The Balaban J connectivity index is 1.43. The van der Waals surface area contributed by atoms with Gasteiger partial charge in [-0.15, -0.1) is 0 Å².